The molecular formula is C33H38N2O6S. The fourth-order valence-electron chi connectivity index (χ4n) is 4.45. The second kappa shape index (κ2) is 15.1. The fourth-order valence-corrected chi connectivity index (χ4v) is 4.73. The smallest absolute Gasteiger partial charge is 0.276 e. The molecule has 0 aromatic heterocycles. The van der Waals surface area contributed by atoms with Crippen LogP contribution in [0.2, 0.25) is 0 Å². The van der Waals surface area contributed by atoms with Crippen molar-refractivity contribution in [2.24, 2.45) is 0 Å². The largest absolute Gasteiger partial charge is 0.490 e. The van der Waals surface area contributed by atoms with Gasteiger partial charge in [-0.25, -0.2) is 0 Å². The van der Waals surface area contributed by atoms with Gasteiger partial charge in [0.2, 0.25) is 0 Å². The summed E-state index contributed by atoms with van der Waals surface area (Å²) in [5.41, 5.74) is 3.30. The molecule has 0 bridgehead atoms. The Labute approximate surface area is 253 Å². The first-order valence-electron chi connectivity index (χ1n) is 14.3. The van der Waals surface area contributed by atoms with E-state index in [1.165, 1.54) is 0 Å². The molecule has 4 rings (SSSR count). The maximum absolute atomic E-state index is 13.1. The molecule has 1 heterocycles. The number of hydrogen-bond acceptors (Lipinski definition) is 7. The van der Waals surface area contributed by atoms with Gasteiger partial charge in [0.25, 0.3) is 5.91 Å². The lowest BCUT2D eigenvalue weighted by Gasteiger charge is -2.15. The summed E-state index contributed by atoms with van der Waals surface area (Å²) in [6.45, 7) is 10.8. The van der Waals surface area contributed by atoms with Gasteiger partial charge in [-0.1, -0.05) is 24.3 Å². The number of hydrogen-bond donors (Lipinski definition) is 1. The summed E-state index contributed by atoms with van der Waals surface area (Å²) in [6.07, 6.45) is 2.42. The van der Waals surface area contributed by atoms with Crippen LogP contribution in [0.1, 0.15) is 44.4 Å². The summed E-state index contributed by atoms with van der Waals surface area (Å²) in [5.74, 6) is 3.41. The number of carbonyl (C=O) groups excluding carboxylic acids is 1. The van der Waals surface area contributed by atoms with E-state index in [1.807, 2.05) is 88.4 Å². The SMILES string of the molecule is CCOc1ccc(CCN2C(=O)/C(=C\c3ccc(OCc4ccc(OCC)c(OCC)c4)cc3)NC2=S)cc1OCC. The molecule has 0 radical (unpaired) electrons. The minimum absolute atomic E-state index is 0.156. The van der Waals surface area contributed by atoms with E-state index in [0.29, 0.717) is 79.8 Å². The van der Waals surface area contributed by atoms with E-state index in [2.05, 4.69) is 5.32 Å². The summed E-state index contributed by atoms with van der Waals surface area (Å²) in [5, 5.41) is 3.45. The third kappa shape index (κ3) is 7.94. The summed E-state index contributed by atoms with van der Waals surface area (Å²) in [4.78, 5) is 14.7. The lowest BCUT2D eigenvalue weighted by atomic mass is 10.1. The normalized spacial score (nSPS) is 13.7. The molecule has 0 unspecified atom stereocenters. The van der Waals surface area contributed by atoms with Gasteiger partial charge in [-0.3, -0.25) is 9.69 Å². The molecule has 1 fully saturated rings. The van der Waals surface area contributed by atoms with Crippen LogP contribution in [0, 0.1) is 0 Å². The monoisotopic (exact) mass is 590 g/mol. The Balaban J connectivity index is 1.35. The molecule has 0 spiro atoms. The Morgan fingerprint density at radius 3 is 1.86 bits per heavy atom. The number of carbonyl (C=O) groups is 1. The third-order valence-corrected chi connectivity index (χ3v) is 6.72. The molecule has 1 N–H and O–H groups in total. The van der Waals surface area contributed by atoms with Crippen LogP contribution in [-0.4, -0.2) is 48.9 Å². The molecule has 1 aliphatic heterocycles. The molecule has 0 aliphatic carbocycles. The van der Waals surface area contributed by atoms with Gasteiger partial charge in [0, 0.05) is 6.54 Å². The van der Waals surface area contributed by atoms with Gasteiger partial charge in [-0.2, -0.15) is 0 Å². The van der Waals surface area contributed by atoms with Gasteiger partial charge in [0.15, 0.2) is 28.1 Å². The van der Waals surface area contributed by atoms with E-state index >= 15 is 0 Å². The van der Waals surface area contributed by atoms with Crippen molar-refractivity contribution < 1.29 is 28.5 Å². The molecule has 3 aromatic carbocycles. The summed E-state index contributed by atoms with van der Waals surface area (Å²) < 4.78 is 28.7. The number of ether oxygens (including phenoxy) is 5. The molecule has 3 aromatic rings. The highest BCUT2D eigenvalue weighted by Gasteiger charge is 2.30. The van der Waals surface area contributed by atoms with Gasteiger partial charge in [-0.15, -0.1) is 0 Å². The summed E-state index contributed by atoms with van der Waals surface area (Å²) in [6, 6.07) is 19.2. The van der Waals surface area contributed by atoms with E-state index in [0.717, 1.165) is 22.4 Å². The first-order chi connectivity index (χ1) is 20.4. The quantitative estimate of drug-likeness (QED) is 0.167. The minimum atomic E-state index is -0.156. The molecule has 1 saturated heterocycles. The lowest BCUT2D eigenvalue weighted by molar-refractivity contribution is -0.122. The van der Waals surface area contributed by atoms with Crippen molar-refractivity contribution in [3.05, 3.63) is 83.1 Å². The topological polar surface area (TPSA) is 78.5 Å². The predicted octanol–water partition coefficient (Wildman–Crippen LogP) is 6.16. The molecule has 222 valence electrons. The number of nitrogens with one attached hydrogen (secondary N) is 1. The summed E-state index contributed by atoms with van der Waals surface area (Å²) in [7, 11) is 0. The van der Waals surface area contributed by atoms with Crippen LogP contribution in [0.25, 0.3) is 6.08 Å². The van der Waals surface area contributed by atoms with Gasteiger partial charge < -0.3 is 29.0 Å². The van der Waals surface area contributed by atoms with Crippen molar-refractivity contribution in [2.75, 3.05) is 33.0 Å². The Morgan fingerprint density at radius 2 is 1.26 bits per heavy atom. The van der Waals surface area contributed by atoms with Crippen LogP contribution in [0.3, 0.4) is 0 Å². The zero-order valence-corrected chi connectivity index (χ0v) is 25.4. The Kier molecular flexibility index (Phi) is 11.1. The number of thiocarbonyl (C=S) groups is 1. The zero-order valence-electron chi connectivity index (χ0n) is 24.6. The molecule has 9 heteroatoms. The van der Waals surface area contributed by atoms with Crippen LogP contribution in [0.4, 0.5) is 0 Å². The van der Waals surface area contributed by atoms with E-state index in [4.69, 9.17) is 35.9 Å². The van der Waals surface area contributed by atoms with Crippen LogP contribution in [-0.2, 0) is 17.8 Å². The standard InChI is InChI=1S/C33H38N2O6S/c1-5-37-28-15-11-24(20-30(28)39-7-3)17-18-35-32(36)27(34-33(35)42)19-23-9-13-26(14-10-23)41-22-25-12-16-29(38-6-2)31(21-25)40-8-4/h9-16,19-21H,5-8,17-18,22H2,1-4H3,(H,34,42)/b27-19+. The van der Waals surface area contributed by atoms with E-state index in [9.17, 15) is 4.79 Å². The molecule has 1 aliphatic rings. The average Bonchev–Trinajstić information content (AvgIpc) is 3.25. The Bertz CT molecular complexity index is 1410. The van der Waals surface area contributed by atoms with E-state index in [1.54, 1.807) is 11.0 Å². The van der Waals surface area contributed by atoms with Gasteiger partial charge in [-0.05, 0) is 105 Å². The third-order valence-electron chi connectivity index (χ3n) is 6.40. The molecule has 42 heavy (non-hydrogen) atoms. The van der Waals surface area contributed by atoms with Gasteiger partial charge in [0.05, 0.1) is 26.4 Å². The van der Waals surface area contributed by atoms with Crippen molar-refractivity contribution in [1.29, 1.82) is 0 Å². The lowest BCUT2D eigenvalue weighted by Crippen LogP contribution is -2.32. The van der Waals surface area contributed by atoms with Crippen molar-refractivity contribution in [3.8, 4) is 28.7 Å². The maximum atomic E-state index is 13.1. The molecule has 8 nitrogen and oxygen atoms in total. The van der Waals surface area contributed by atoms with Crippen molar-refractivity contribution in [3.63, 3.8) is 0 Å². The van der Waals surface area contributed by atoms with Crippen LogP contribution in [0.15, 0.2) is 66.4 Å². The Hall–Kier alpha value is -4.24. The highest BCUT2D eigenvalue weighted by atomic mass is 32.1. The average molecular weight is 591 g/mol. The molecular weight excluding hydrogens is 552 g/mol. The number of benzene rings is 3. The maximum Gasteiger partial charge on any atom is 0.276 e. The molecule has 1 amide bonds. The summed E-state index contributed by atoms with van der Waals surface area (Å²) >= 11 is 5.47. The van der Waals surface area contributed by atoms with Crippen molar-refractivity contribution >= 4 is 29.3 Å². The first-order valence-corrected chi connectivity index (χ1v) is 14.7. The molecule has 0 saturated carbocycles. The number of nitrogens with zero attached hydrogens (tertiary/aromatic N) is 1. The van der Waals surface area contributed by atoms with Crippen LogP contribution in [0.5, 0.6) is 28.7 Å². The fraction of sp³-hybridized carbons (Fsp3) is 0.333. The predicted molar refractivity (Wildman–Crippen MR) is 167 cm³/mol. The van der Waals surface area contributed by atoms with E-state index < -0.39 is 0 Å². The second-order valence-corrected chi connectivity index (χ2v) is 9.73. The number of amides is 1. The number of rotatable bonds is 15. The highest BCUT2D eigenvalue weighted by molar-refractivity contribution is 7.80. The van der Waals surface area contributed by atoms with Gasteiger partial charge in [0.1, 0.15) is 18.1 Å². The molecule has 0 atom stereocenters. The second-order valence-electron chi connectivity index (χ2n) is 9.35. The van der Waals surface area contributed by atoms with E-state index in [-0.39, 0.29) is 5.91 Å². The van der Waals surface area contributed by atoms with Gasteiger partial charge >= 0.3 is 0 Å². The van der Waals surface area contributed by atoms with Crippen LogP contribution >= 0.6 is 12.2 Å². The van der Waals surface area contributed by atoms with Crippen LogP contribution < -0.4 is 29.0 Å². The highest BCUT2D eigenvalue weighted by Crippen LogP contribution is 2.30. The minimum Gasteiger partial charge on any atom is -0.490 e. The Morgan fingerprint density at radius 1 is 0.714 bits per heavy atom. The van der Waals surface area contributed by atoms with Crippen molar-refractivity contribution in [2.45, 2.75) is 40.7 Å². The first kappa shape index (κ1) is 30.7. The van der Waals surface area contributed by atoms with Crippen molar-refractivity contribution in [1.82, 2.24) is 10.2 Å². The zero-order chi connectivity index (χ0) is 29.9.